The average molecular weight is 393 g/mol. The van der Waals surface area contributed by atoms with Crippen LogP contribution in [0.3, 0.4) is 0 Å². The van der Waals surface area contributed by atoms with Gasteiger partial charge in [-0.3, -0.25) is 0 Å². The fourth-order valence-corrected chi connectivity index (χ4v) is 3.24. The van der Waals surface area contributed by atoms with Crippen LogP contribution in [0.5, 0.6) is 11.5 Å². The van der Waals surface area contributed by atoms with Gasteiger partial charge in [0.2, 0.25) is 5.95 Å². The van der Waals surface area contributed by atoms with Gasteiger partial charge in [0.1, 0.15) is 18.0 Å². The molecule has 9 heteroatoms. The molecule has 1 aliphatic heterocycles. The summed E-state index contributed by atoms with van der Waals surface area (Å²) in [5.74, 6) is 3.71. The van der Waals surface area contributed by atoms with Gasteiger partial charge in [-0.15, -0.1) is 0 Å². The molecular formula is C20H23N7O2. The third kappa shape index (κ3) is 4.29. The predicted octanol–water partition coefficient (Wildman–Crippen LogP) is 2.35. The third-order valence-corrected chi connectivity index (χ3v) is 4.75. The summed E-state index contributed by atoms with van der Waals surface area (Å²) in [6.07, 6.45) is 5.11. The smallest absolute Gasteiger partial charge is 0.225 e. The number of piperazine rings is 1. The SMILES string of the molecule is COc1ccc(Nc2cc(N3CCN(c4ncccn4)CC3)ncn2)cc1OC. The maximum atomic E-state index is 5.36. The molecule has 1 aromatic carbocycles. The second-order valence-electron chi connectivity index (χ2n) is 6.48. The van der Waals surface area contributed by atoms with Crippen LogP contribution in [-0.4, -0.2) is 60.3 Å². The van der Waals surface area contributed by atoms with Crippen LogP contribution in [0.2, 0.25) is 0 Å². The van der Waals surface area contributed by atoms with Gasteiger partial charge in [0.25, 0.3) is 0 Å². The number of hydrogen-bond donors (Lipinski definition) is 1. The van der Waals surface area contributed by atoms with Crippen LogP contribution in [-0.2, 0) is 0 Å². The van der Waals surface area contributed by atoms with Crippen molar-refractivity contribution in [1.82, 2.24) is 19.9 Å². The van der Waals surface area contributed by atoms with Crippen LogP contribution in [0.4, 0.5) is 23.3 Å². The second-order valence-corrected chi connectivity index (χ2v) is 6.48. The zero-order valence-electron chi connectivity index (χ0n) is 16.4. The first-order valence-electron chi connectivity index (χ1n) is 9.35. The summed E-state index contributed by atoms with van der Waals surface area (Å²) in [6, 6.07) is 9.42. The van der Waals surface area contributed by atoms with Crippen molar-refractivity contribution in [2.75, 3.05) is 55.5 Å². The number of benzene rings is 1. The minimum absolute atomic E-state index is 0.658. The van der Waals surface area contributed by atoms with Crippen molar-refractivity contribution in [2.45, 2.75) is 0 Å². The molecule has 1 N–H and O–H groups in total. The lowest BCUT2D eigenvalue weighted by Crippen LogP contribution is -2.47. The van der Waals surface area contributed by atoms with Gasteiger partial charge in [-0.2, -0.15) is 0 Å². The molecule has 0 saturated carbocycles. The maximum Gasteiger partial charge on any atom is 0.225 e. The van der Waals surface area contributed by atoms with E-state index in [4.69, 9.17) is 9.47 Å². The summed E-state index contributed by atoms with van der Waals surface area (Å²) >= 11 is 0. The lowest BCUT2D eigenvalue weighted by molar-refractivity contribution is 0.355. The summed E-state index contributed by atoms with van der Waals surface area (Å²) < 4.78 is 10.6. The maximum absolute atomic E-state index is 5.36. The molecule has 1 saturated heterocycles. The van der Waals surface area contributed by atoms with Gasteiger partial charge in [-0.05, 0) is 18.2 Å². The highest BCUT2D eigenvalue weighted by atomic mass is 16.5. The molecule has 1 fully saturated rings. The van der Waals surface area contributed by atoms with E-state index in [0.717, 1.165) is 49.5 Å². The highest BCUT2D eigenvalue weighted by Gasteiger charge is 2.20. The van der Waals surface area contributed by atoms with E-state index < -0.39 is 0 Å². The fraction of sp³-hybridized carbons (Fsp3) is 0.300. The minimum atomic E-state index is 0.658. The Balaban J connectivity index is 1.43. The summed E-state index contributed by atoms with van der Waals surface area (Å²) in [7, 11) is 3.23. The van der Waals surface area contributed by atoms with Crippen molar-refractivity contribution < 1.29 is 9.47 Å². The molecule has 2 aromatic heterocycles. The lowest BCUT2D eigenvalue weighted by atomic mass is 10.2. The second kappa shape index (κ2) is 8.59. The van der Waals surface area contributed by atoms with Crippen molar-refractivity contribution in [1.29, 1.82) is 0 Å². The monoisotopic (exact) mass is 393 g/mol. The Kier molecular flexibility index (Phi) is 5.55. The van der Waals surface area contributed by atoms with E-state index in [9.17, 15) is 0 Å². The minimum Gasteiger partial charge on any atom is -0.493 e. The largest absolute Gasteiger partial charge is 0.493 e. The van der Waals surface area contributed by atoms with Gasteiger partial charge in [0, 0.05) is 56.4 Å². The number of nitrogens with zero attached hydrogens (tertiary/aromatic N) is 6. The summed E-state index contributed by atoms with van der Waals surface area (Å²) in [5, 5.41) is 3.30. The Morgan fingerprint density at radius 1 is 0.828 bits per heavy atom. The quantitative estimate of drug-likeness (QED) is 0.678. The van der Waals surface area contributed by atoms with Gasteiger partial charge < -0.3 is 24.6 Å². The summed E-state index contributed by atoms with van der Waals surface area (Å²) in [6.45, 7) is 3.36. The molecule has 0 atom stereocenters. The van der Waals surface area contributed by atoms with Crippen LogP contribution < -0.4 is 24.6 Å². The molecule has 4 rings (SSSR count). The predicted molar refractivity (Wildman–Crippen MR) is 111 cm³/mol. The third-order valence-electron chi connectivity index (χ3n) is 4.75. The van der Waals surface area contributed by atoms with E-state index in [1.807, 2.05) is 30.3 Å². The molecule has 9 nitrogen and oxygen atoms in total. The first kappa shape index (κ1) is 18.7. The van der Waals surface area contributed by atoms with Crippen molar-refractivity contribution >= 4 is 23.3 Å². The van der Waals surface area contributed by atoms with Crippen LogP contribution >= 0.6 is 0 Å². The van der Waals surface area contributed by atoms with E-state index in [2.05, 4.69) is 35.1 Å². The van der Waals surface area contributed by atoms with Gasteiger partial charge in [0.15, 0.2) is 11.5 Å². The molecule has 0 unspecified atom stereocenters. The number of nitrogens with one attached hydrogen (secondary N) is 1. The van der Waals surface area contributed by atoms with Crippen molar-refractivity contribution in [3.63, 3.8) is 0 Å². The van der Waals surface area contributed by atoms with E-state index in [-0.39, 0.29) is 0 Å². The molecule has 0 aliphatic carbocycles. The van der Waals surface area contributed by atoms with Gasteiger partial charge in [0.05, 0.1) is 14.2 Å². The first-order chi connectivity index (χ1) is 14.3. The molecule has 1 aliphatic rings. The van der Waals surface area contributed by atoms with Crippen LogP contribution in [0.15, 0.2) is 49.1 Å². The highest BCUT2D eigenvalue weighted by Crippen LogP contribution is 2.31. The molecule has 0 amide bonds. The number of aromatic nitrogens is 4. The molecule has 150 valence electrons. The Morgan fingerprint density at radius 2 is 1.55 bits per heavy atom. The van der Waals surface area contributed by atoms with E-state index in [1.54, 1.807) is 32.9 Å². The Hall–Kier alpha value is -3.62. The number of methoxy groups -OCH3 is 2. The number of ether oxygens (including phenoxy) is 2. The summed E-state index contributed by atoms with van der Waals surface area (Å²) in [5.41, 5.74) is 0.860. The first-order valence-corrected chi connectivity index (χ1v) is 9.35. The van der Waals surface area contributed by atoms with Crippen molar-refractivity contribution in [2.24, 2.45) is 0 Å². The van der Waals surface area contributed by atoms with Crippen LogP contribution in [0.25, 0.3) is 0 Å². The number of hydrogen-bond acceptors (Lipinski definition) is 9. The molecule has 0 radical (unpaired) electrons. The van der Waals surface area contributed by atoms with Crippen LogP contribution in [0, 0.1) is 0 Å². The summed E-state index contributed by atoms with van der Waals surface area (Å²) in [4.78, 5) is 21.9. The van der Waals surface area contributed by atoms with Gasteiger partial charge >= 0.3 is 0 Å². The average Bonchev–Trinajstić information content (AvgIpc) is 2.80. The lowest BCUT2D eigenvalue weighted by Gasteiger charge is -2.35. The van der Waals surface area contributed by atoms with Gasteiger partial charge in [-0.25, -0.2) is 19.9 Å². The molecule has 0 spiro atoms. The van der Waals surface area contributed by atoms with E-state index >= 15 is 0 Å². The molecule has 29 heavy (non-hydrogen) atoms. The fourth-order valence-electron chi connectivity index (χ4n) is 3.24. The molecular weight excluding hydrogens is 370 g/mol. The van der Waals surface area contributed by atoms with Crippen molar-refractivity contribution in [3.8, 4) is 11.5 Å². The molecule has 3 heterocycles. The van der Waals surface area contributed by atoms with E-state index in [0.29, 0.717) is 11.5 Å². The van der Waals surface area contributed by atoms with E-state index in [1.165, 1.54) is 0 Å². The highest BCUT2D eigenvalue weighted by molar-refractivity contribution is 5.63. The topological polar surface area (TPSA) is 88.5 Å². The normalized spacial score (nSPS) is 13.9. The zero-order chi connectivity index (χ0) is 20.1. The van der Waals surface area contributed by atoms with Crippen LogP contribution in [0.1, 0.15) is 0 Å². The van der Waals surface area contributed by atoms with Gasteiger partial charge in [-0.1, -0.05) is 0 Å². The Morgan fingerprint density at radius 3 is 2.28 bits per heavy atom. The Labute approximate surface area is 169 Å². The standard InChI is InChI=1S/C20H23N7O2/c1-28-16-5-4-15(12-17(16)29-2)25-18-13-19(24-14-23-18)26-8-10-27(11-9-26)20-21-6-3-7-22-20/h3-7,12-14H,8-11H2,1-2H3,(H,23,24,25). The molecule has 3 aromatic rings. The Bertz CT molecular complexity index is 947. The molecule has 0 bridgehead atoms. The number of anilines is 4. The zero-order valence-corrected chi connectivity index (χ0v) is 16.4. The van der Waals surface area contributed by atoms with Crippen molar-refractivity contribution in [3.05, 3.63) is 49.1 Å². The number of rotatable bonds is 6.